The Morgan fingerprint density at radius 1 is 1.03 bits per heavy atom. The number of nitrogens with zero attached hydrogens (tertiary/aromatic N) is 1. The van der Waals surface area contributed by atoms with Crippen molar-refractivity contribution in [2.75, 3.05) is 31.2 Å². The number of benzene rings is 1. The fraction of sp³-hybridized carbons (Fsp3) is 0.594. The summed E-state index contributed by atoms with van der Waals surface area (Å²) >= 11 is 0. The molecule has 0 aromatic heterocycles. The van der Waals surface area contributed by atoms with Crippen LogP contribution in [0.3, 0.4) is 0 Å². The number of allylic oxidation sites excluding steroid dienone is 4. The van der Waals surface area contributed by atoms with E-state index in [1.165, 1.54) is 34.9 Å². The number of hydrogen-bond donors (Lipinski definition) is 0. The molecule has 1 aliphatic heterocycles. The van der Waals surface area contributed by atoms with E-state index in [9.17, 15) is 14.4 Å². The first kappa shape index (κ1) is 25.5. The van der Waals surface area contributed by atoms with E-state index in [0.717, 1.165) is 58.4 Å². The van der Waals surface area contributed by atoms with Crippen molar-refractivity contribution in [1.82, 2.24) is 0 Å². The zero-order valence-corrected chi connectivity index (χ0v) is 22.9. The predicted octanol–water partition coefficient (Wildman–Crippen LogP) is 5.31. The third kappa shape index (κ3) is 3.90. The molecule has 1 aromatic carbocycles. The monoisotopic (exact) mass is 517 g/mol. The molecule has 4 aliphatic carbocycles. The summed E-state index contributed by atoms with van der Waals surface area (Å²) < 4.78 is 11.6. The third-order valence-corrected chi connectivity index (χ3v) is 10.4. The Morgan fingerprint density at radius 2 is 1.76 bits per heavy atom. The summed E-state index contributed by atoms with van der Waals surface area (Å²) in [5.41, 5.74) is 5.03. The van der Waals surface area contributed by atoms with Crippen molar-refractivity contribution in [2.45, 2.75) is 77.2 Å². The maximum absolute atomic E-state index is 13.3. The van der Waals surface area contributed by atoms with Gasteiger partial charge in [-0.3, -0.25) is 14.4 Å². The lowest BCUT2D eigenvalue weighted by molar-refractivity contribution is -0.182. The Hall–Kier alpha value is -2.73. The average Bonchev–Trinajstić information content (AvgIpc) is 3.20. The number of carbonyl (C=O) groups excluding carboxylic acids is 3. The minimum atomic E-state index is -1.08. The molecule has 0 unspecified atom stereocenters. The Bertz CT molecular complexity index is 1220. The third-order valence-electron chi connectivity index (χ3n) is 10.4. The first-order chi connectivity index (χ1) is 18.2. The Morgan fingerprint density at radius 3 is 2.45 bits per heavy atom. The van der Waals surface area contributed by atoms with Crippen LogP contribution in [0.25, 0.3) is 0 Å². The van der Waals surface area contributed by atoms with Crippen LogP contribution in [0.15, 0.2) is 47.1 Å². The van der Waals surface area contributed by atoms with Gasteiger partial charge in [-0.2, -0.15) is 0 Å². The Kier molecular flexibility index (Phi) is 6.37. The van der Waals surface area contributed by atoms with Crippen LogP contribution in [0.5, 0.6) is 0 Å². The van der Waals surface area contributed by atoms with Gasteiger partial charge < -0.3 is 14.4 Å². The number of ether oxygens (including phenoxy) is 2. The topological polar surface area (TPSA) is 72.9 Å². The molecule has 1 saturated heterocycles. The quantitative estimate of drug-likeness (QED) is 0.504. The number of fused-ring (bicyclic) bond motifs is 4. The van der Waals surface area contributed by atoms with Crippen LogP contribution >= 0.6 is 0 Å². The van der Waals surface area contributed by atoms with Crippen molar-refractivity contribution in [3.8, 4) is 0 Å². The van der Waals surface area contributed by atoms with Crippen LogP contribution in [0.2, 0.25) is 0 Å². The fourth-order valence-electron chi connectivity index (χ4n) is 8.75. The lowest BCUT2D eigenvalue weighted by atomic mass is 9.50. The SMILES string of the molecule is CC(=O)O[C@]1(C(C)=O)CC[C@H]2[C@@H]3CCC4=CC(=O)CCC4=C3[C@@H](c3ccc(N4CCOCC4)cc3)C[C@@]21C. The summed E-state index contributed by atoms with van der Waals surface area (Å²) in [4.78, 5) is 40.3. The Balaban J connectivity index is 1.46. The molecule has 5 atom stereocenters. The molecule has 202 valence electrons. The number of esters is 1. The molecule has 0 spiro atoms. The van der Waals surface area contributed by atoms with Crippen molar-refractivity contribution in [3.63, 3.8) is 0 Å². The lowest BCUT2D eigenvalue weighted by Gasteiger charge is -2.55. The van der Waals surface area contributed by atoms with Gasteiger partial charge in [0, 0.05) is 43.5 Å². The zero-order chi connectivity index (χ0) is 26.7. The second kappa shape index (κ2) is 9.48. The van der Waals surface area contributed by atoms with Crippen LogP contribution in [0, 0.1) is 17.3 Å². The van der Waals surface area contributed by atoms with Gasteiger partial charge in [-0.25, -0.2) is 0 Å². The van der Waals surface area contributed by atoms with E-state index in [1.54, 1.807) is 6.92 Å². The molecule has 3 fully saturated rings. The molecule has 38 heavy (non-hydrogen) atoms. The normalized spacial score (nSPS) is 34.7. The van der Waals surface area contributed by atoms with Crippen molar-refractivity contribution in [2.24, 2.45) is 17.3 Å². The standard InChI is InChI=1S/C32H39NO5/c1-20(34)32(38-21(2)35)13-12-29-27-10-6-23-18-25(36)9-11-26(23)30(27)28(19-31(29,32)3)22-4-7-24(8-5-22)33-14-16-37-17-15-33/h4-5,7-8,18,27-29H,6,9-17,19H2,1-3H3/t27-,28+,29-,31-,32-/m0/s1. The van der Waals surface area contributed by atoms with Gasteiger partial charge in [0.2, 0.25) is 0 Å². The molecule has 0 radical (unpaired) electrons. The summed E-state index contributed by atoms with van der Waals surface area (Å²) in [5, 5.41) is 0. The molecular formula is C32H39NO5. The van der Waals surface area contributed by atoms with Crippen LogP contribution in [-0.4, -0.2) is 49.4 Å². The molecule has 1 heterocycles. The molecule has 2 saturated carbocycles. The van der Waals surface area contributed by atoms with Gasteiger partial charge in [0.15, 0.2) is 17.2 Å². The van der Waals surface area contributed by atoms with Gasteiger partial charge in [-0.05, 0) is 92.2 Å². The van der Waals surface area contributed by atoms with Gasteiger partial charge in [0.1, 0.15) is 0 Å². The number of morpholine rings is 1. The average molecular weight is 518 g/mol. The summed E-state index contributed by atoms with van der Waals surface area (Å²) in [6, 6.07) is 8.95. The molecule has 5 aliphatic rings. The molecule has 0 bridgehead atoms. The molecule has 6 nitrogen and oxygen atoms in total. The number of hydrogen-bond acceptors (Lipinski definition) is 6. The number of anilines is 1. The highest BCUT2D eigenvalue weighted by Gasteiger charge is 2.67. The van der Waals surface area contributed by atoms with E-state index in [1.807, 2.05) is 6.08 Å². The van der Waals surface area contributed by atoms with Gasteiger partial charge in [0.25, 0.3) is 0 Å². The van der Waals surface area contributed by atoms with E-state index >= 15 is 0 Å². The van der Waals surface area contributed by atoms with Crippen LogP contribution in [0.4, 0.5) is 5.69 Å². The number of carbonyl (C=O) groups is 3. The highest BCUT2D eigenvalue weighted by molar-refractivity contribution is 5.93. The molecule has 0 amide bonds. The maximum Gasteiger partial charge on any atom is 0.303 e. The summed E-state index contributed by atoms with van der Waals surface area (Å²) in [7, 11) is 0. The first-order valence-electron chi connectivity index (χ1n) is 14.3. The highest BCUT2D eigenvalue weighted by atomic mass is 16.6. The number of Topliss-reactive ketones (excluding diaryl/α,β-unsaturated/α-hetero) is 1. The molecule has 6 rings (SSSR count). The van der Waals surface area contributed by atoms with Crippen molar-refractivity contribution in [1.29, 1.82) is 0 Å². The summed E-state index contributed by atoms with van der Waals surface area (Å²) in [6.45, 7) is 8.53. The summed E-state index contributed by atoms with van der Waals surface area (Å²) in [6.07, 6.45) is 7.39. The minimum Gasteiger partial charge on any atom is -0.451 e. The predicted molar refractivity (Wildman–Crippen MR) is 145 cm³/mol. The zero-order valence-electron chi connectivity index (χ0n) is 22.9. The number of ketones is 2. The van der Waals surface area contributed by atoms with E-state index in [-0.39, 0.29) is 29.4 Å². The maximum atomic E-state index is 13.3. The molecular weight excluding hydrogens is 478 g/mol. The van der Waals surface area contributed by atoms with Crippen molar-refractivity contribution in [3.05, 3.63) is 52.6 Å². The molecule has 0 N–H and O–H groups in total. The van der Waals surface area contributed by atoms with Crippen molar-refractivity contribution >= 4 is 23.2 Å². The molecule has 1 aromatic rings. The molecule has 6 heteroatoms. The van der Waals surface area contributed by atoms with Gasteiger partial charge in [0.05, 0.1) is 13.2 Å². The first-order valence-corrected chi connectivity index (χ1v) is 14.3. The smallest absolute Gasteiger partial charge is 0.303 e. The minimum absolute atomic E-state index is 0.0325. The van der Waals surface area contributed by atoms with Crippen LogP contribution < -0.4 is 4.90 Å². The van der Waals surface area contributed by atoms with E-state index < -0.39 is 11.0 Å². The largest absolute Gasteiger partial charge is 0.451 e. The Labute approximate surface area is 225 Å². The highest BCUT2D eigenvalue weighted by Crippen LogP contribution is 2.67. The fourth-order valence-corrected chi connectivity index (χ4v) is 8.75. The van der Waals surface area contributed by atoms with Crippen LogP contribution in [0.1, 0.15) is 77.2 Å². The number of rotatable bonds is 4. The summed E-state index contributed by atoms with van der Waals surface area (Å²) in [5.74, 6) is 0.554. The van der Waals surface area contributed by atoms with Crippen LogP contribution in [-0.2, 0) is 23.9 Å². The van der Waals surface area contributed by atoms with E-state index in [4.69, 9.17) is 9.47 Å². The second-order valence-corrected chi connectivity index (χ2v) is 12.2. The van der Waals surface area contributed by atoms with Gasteiger partial charge >= 0.3 is 5.97 Å². The van der Waals surface area contributed by atoms with Crippen molar-refractivity contribution < 1.29 is 23.9 Å². The van der Waals surface area contributed by atoms with Gasteiger partial charge in [-0.1, -0.05) is 24.6 Å². The second-order valence-electron chi connectivity index (χ2n) is 12.2. The van der Waals surface area contributed by atoms with E-state index in [0.29, 0.717) is 18.8 Å². The van der Waals surface area contributed by atoms with Gasteiger partial charge in [-0.15, -0.1) is 0 Å². The lowest BCUT2D eigenvalue weighted by Crippen LogP contribution is -2.57. The van der Waals surface area contributed by atoms with E-state index in [2.05, 4.69) is 36.1 Å².